The molecule has 4 fully saturated rings. The van der Waals surface area contributed by atoms with E-state index >= 15 is 0 Å². The van der Waals surface area contributed by atoms with Gasteiger partial charge in [-0.2, -0.15) is 5.10 Å². The normalized spacial score (nSPS) is 21.2. The van der Waals surface area contributed by atoms with Crippen LogP contribution in [0, 0.1) is 11.8 Å². The third-order valence-electron chi connectivity index (χ3n) is 12.5. The predicted molar refractivity (Wildman–Crippen MR) is 220 cm³/mol. The molecule has 322 valence electrons. The lowest BCUT2D eigenvalue weighted by molar-refractivity contribution is -0.135. The molecule has 0 spiro atoms. The van der Waals surface area contributed by atoms with Gasteiger partial charge in [-0.05, 0) is 99.5 Å². The van der Waals surface area contributed by atoms with Gasteiger partial charge in [0.1, 0.15) is 18.1 Å². The van der Waals surface area contributed by atoms with E-state index in [9.17, 15) is 28.0 Å². The molecule has 3 amide bonds. The molecule has 4 aliphatic rings. The molecule has 3 N–H and O–H groups in total. The number of benzene rings is 1. The van der Waals surface area contributed by atoms with Crippen LogP contribution in [0.4, 0.5) is 20.3 Å². The van der Waals surface area contributed by atoms with E-state index in [4.69, 9.17) is 9.15 Å². The minimum Gasteiger partial charge on any atom is -0.444 e. The van der Waals surface area contributed by atoms with E-state index in [1.807, 2.05) is 18.2 Å². The van der Waals surface area contributed by atoms with Crippen molar-refractivity contribution >= 4 is 40.3 Å². The monoisotopic (exact) mass is 840 g/mol. The minimum atomic E-state index is -2.87. The standard InChI is InChI=1S/C43H50F2N10O6/c1-52-35-17-25(8-11-33(35)55(43(52)59)34-12-13-37(56)50-41(34)58)3-2-16-60-30-21-53(22-30)20-27-6-9-29(10-7-27)54-23-31(38(51-54)39(44)45)48-40(57)32-24-61-42(49-32)28-14-15-46-36(18-28)47-19-26-4-5-26/h8,11,14-15,17-18,23-24,26-27,29-30,34,39H,2-7,9-10,12-13,16,19-22H2,1H3,(H,46,47)(H,48,57)(H,50,56,58). The molecular weight excluding hydrogens is 791 g/mol. The Balaban J connectivity index is 0.704. The number of imidazole rings is 1. The molecule has 5 aromatic rings. The van der Waals surface area contributed by atoms with Crippen LogP contribution in [0.15, 0.2) is 58.2 Å². The summed E-state index contributed by atoms with van der Waals surface area (Å²) in [7, 11) is 1.70. The summed E-state index contributed by atoms with van der Waals surface area (Å²) in [4.78, 5) is 61.4. The second-order valence-electron chi connectivity index (χ2n) is 16.9. The zero-order valence-electron chi connectivity index (χ0n) is 34.0. The Morgan fingerprint density at radius 3 is 2.59 bits per heavy atom. The van der Waals surface area contributed by atoms with Gasteiger partial charge in [0, 0.05) is 64.2 Å². The van der Waals surface area contributed by atoms with Crippen molar-refractivity contribution in [2.24, 2.45) is 18.9 Å². The first-order chi connectivity index (χ1) is 29.6. The van der Waals surface area contributed by atoms with Gasteiger partial charge in [-0.25, -0.2) is 23.5 Å². The summed E-state index contributed by atoms with van der Waals surface area (Å²) in [6.07, 6.45) is 9.69. The molecule has 1 unspecified atom stereocenters. The molecule has 16 nitrogen and oxygen atoms in total. The summed E-state index contributed by atoms with van der Waals surface area (Å²) in [6, 6.07) is 8.63. The fraction of sp³-hybridized carbons (Fsp3) is 0.512. The van der Waals surface area contributed by atoms with Crippen molar-refractivity contribution in [2.75, 3.05) is 43.4 Å². The number of imide groups is 1. The number of rotatable bonds is 16. The Bertz CT molecular complexity index is 2480. The largest absolute Gasteiger partial charge is 0.444 e. The fourth-order valence-electron chi connectivity index (χ4n) is 8.83. The number of anilines is 2. The predicted octanol–water partition coefficient (Wildman–Crippen LogP) is 5.64. The molecule has 2 saturated heterocycles. The lowest BCUT2D eigenvalue weighted by Gasteiger charge is -2.42. The number of hydrogen-bond donors (Lipinski definition) is 3. The second-order valence-corrected chi connectivity index (χ2v) is 16.9. The summed E-state index contributed by atoms with van der Waals surface area (Å²) < 4.78 is 44.6. The Morgan fingerprint density at radius 1 is 1.02 bits per heavy atom. The number of oxazole rings is 1. The summed E-state index contributed by atoms with van der Waals surface area (Å²) in [5, 5.41) is 12.5. The summed E-state index contributed by atoms with van der Waals surface area (Å²) >= 11 is 0. The molecule has 61 heavy (non-hydrogen) atoms. The van der Waals surface area contributed by atoms with Crippen LogP contribution in [0.5, 0.6) is 0 Å². The van der Waals surface area contributed by atoms with Crippen molar-refractivity contribution in [1.82, 2.24) is 39.1 Å². The topological polar surface area (TPSA) is 183 Å². The molecule has 4 aromatic heterocycles. The highest BCUT2D eigenvalue weighted by Gasteiger charge is 2.34. The number of likely N-dealkylation sites (tertiary alicyclic amines) is 1. The molecule has 2 saturated carbocycles. The SMILES string of the molecule is Cn1c(=O)n(C2CCC(=O)NC2=O)c2ccc(CCCOC3CN(CC4CCC(n5cc(NC(=O)c6coc(-c7ccnc(NCC8CC8)c7)n6)c(C(F)F)n5)CC4)C3)cc21. The lowest BCUT2D eigenvalue weighted by atomic mass is 9.85. The zero-order chi connectivity index (χ0) is 42.2. The van der Waals surface area contributed by atoms with E-state index in [1.165, 1.54) is 29.9 Å². The Morgan fingerprint density at radius 2 is 1.82 bits per heavy atom. The van der Waals surface area contributed by atoms with Crippen molar-refractivity contribution in [2.45, 2.75) is 88.8 Å². The molecule has 18 heteroatoms. The van der Waals surface area contributed by atoms with Crippen LogP contribution in [0.2, 0.25) is 0 Å². The van der Waals surface area contributed by atoms with Crippen molar-refractivity contribution in [3.63, 3.8) is 0 Å². The number of halogens is 2. The lowest BCUT2D eigenvalue weighted by Crippen LogP contribution is -2.53. The summed E-state index contributed by atoms with van der Waals surface area (Å²) in [5.74, 6) is 0.653. The van der Waals surface area contributed by atoms with Gasteiger partial charge in [-0.3, -0.25) is 38.4 Å². The van der Waals surface area contributed by atoms with Gasteiger partial charge < -0.3 is 19.8 Å². The number of hydrogen-bond acceptors (Lipinski definition) is 11. The smallest absolute Gasteiger partial charge is 0.329 e. The third-order valence-corrected chi connectivity index (χ3v) is 12.5. The number of carbonyl (C=O) groups is 3. The number of piperidine rings is 1. The number of alkyl halides is 2. The molecule has 1 aromatic carbocycles. The molecule has 2 aliphatic heterocycles. The molecular formula is C43H50F2N10O6. The maximum atomic E-state index is 14.1. The zero-order valence-corrected chi connectivity index (χ0v) is 34.0. The van der Waals surface area contributed by atoms with Gasteiger partial charge in [0.05, 0.1) is 28.9 Å². The average molecular weight is 841 g/mol. The number of fused-ring (bicyclic) bond motifs is 1. The van der Waals surface area contributed by atoms with Crippen LogP contribution < -0.4 is 21.6 Å². The minimum absolute atomic E-state index is 0.0305. The molecule has 1 atom stereocenters. The molecule has 0 radical (unpaired) electrons. The van der Waals surface area contributed by atoms with Gasteiger partial charge in [-0.15, -0.1) is 0 Å². The summed E-state index contributed by atoms with van der Waals surface area (Å²) in [6.45, 7) is 4.17. The number of aryl methyl sites for hydroxylation is 2. The maximum Gasteiger partial charge on any atom is 0.329 e. The Hall–Kier alpha value is -5.75. The highest BCUT2D eigenvalue weighted by molar-refractivity contribution is 6.03. The molecule has 9 rings (SSSR count). The second kappa shape index (κ2) is 17.3. The van der Waals surface area contributed by atoms with E-state index in [0.717, 1.165) is 75.8 Å². The average Bonchev–Trinajstić information content (AvgIpc) is 3.65. The number of aromatic nitrogens is 6. The van der Waals surface area contributed by atoms with Crippen LogP contribution >= 0.6 is 0 Å². The van der Waals surface area contributed by atoms with Crippen LogP contribution in [0.1, 0.15) is 98.0 Å². The highest BCUT2D eigenvalue weighted by atomic mass is 19.3. The van der Waals surface area contributed by atoms with E-state index in [0.29, 0.717) is 41.8 Å². The first kappa shape index (κ1) is 40.6. The van der Waals surface area contributed by atoms with E-state index in [2.05, 4.69) is 35.9 Å². The third kappa shape index (κ3) is 9.00. The maximum absolute atomic E-state index is 14.1. The number of nitrogens with one attached hydrogen (secondary N) is 3. The van der Waals surface area contributed by atoms with Gasteiger partial charge in [0.25, 0.3) is 12.3 Å². The number of ether oxygens (including phenoxy) is 1. The van der Waals surface area contributed by atoms with Crippen LogP contribution in [0.3, 0.4) is 0 Å². The van der Waals surface area contributed by atoms with Gasteiger partial charge in [0.2, 0.25) is 17.7 Å². The van der Waals surface area contributed by atoms with Crippen LogP contribution in [-0.4, -0.2) is 90.4 Å². The first-order valence-electron chi connectivity index (χ1n) is 21.3. The molecule has 0 bridgehead atoms. The van der Waals surface area contributed by atoms with Gasteiger partial charge in [-0.1, -0.05) is 6.07 Å². The number of carbonyl (C=O) groups excluding carboxylic acids is 3. The van der Waals surface area contributed by atoms with Crippen molar-refractivity contribution < 1.29 is 32.3 Å². The quantitative estimate of drug-likeness (QED) is 0.0826. The highest BCUT2D eigenvalue weighted by Crippen LogP contribution is 2.36. The number of nitrogens with zero attached hydrogens (tertiary/aromatic N) is 7. The van der Waals surface area contributed by atoms with Crippen molar-refractivity contribution in [1.29, 1.82) is 0 Å². The van der Waals surface area contributed by atoms with Crippen LogP contribution in [-0.2, 0) is 27.8 Å². The van der Waals surface area contributed by atoms with E-state index < -0.39 is 30.0 Å². The van der Waals surface area contributed by atoms with Crippen LogP contribution in [0.25, 0.3) is 22.5 Å². The molecule has 6 heterocycles. The van der Waals surface area contributed by atoms with Gasteiger partial charge in [0.15, 0.2) is 11.4 Å². The van der Waals surface area contributed by atoms with Gasteiger partial charge >= 0.3 is 5.69 Å². The Kier molecular flexibility index (Phi) is 11.5. The Labute approximate surface area is 350 Å². The summed E-state index contributed by atoms with van der Waals surface area (Å²) in [5.41, 5.74) is 2.32. The number of amides is 3. The fourth-order valence-corrected chi connectivity index (χ4v) is 8.83. The number of pyridine rings is 1. The molecule has 2 aliphatic carbocycles. The van der Waals surface area contributed by atoms with E-state index in [-0.39, 0.29) is 47.4 Å². The first-order valence-corrected chi connectivity index (χ1v) is 21.3. The van der Waals surface area contributed by atoms with Crippen molar-refractivity contribution in [3.05, 3.63) is 76.4 Å². The van der Waals surface area contributed by atoms with Crippen molar-refractivity contribution in [3.8, 4) is 11.5 Å². The van der Waals surface area contributed by atoms with E-state index in [1.54, 1.807) is 34.6 Å².